The van der Waals surface area contributed by atoms with Crippen LogP contribution in [0, 0.1) is 11.7 Å². The predicted molar refractivity (Wildman–Crippen MR) is 66.4 cm³/mol. The van der Waals surface area contributed by atoms with E-state index in [1.165, 1.54) is 12.1 Å². The average Bonchev–Trinajstić information content (AvgIpc) is 2.27. The van der Waals surface area contributed by atoms with Crippen molar-refractivity contribution >= 4 is 10.0 Å². The number of nitrogens with two attached hydrogens (primary N) is 1. The molecule has 0 fully saturated rings. The normalized spacial score (nSPS) is 23.3. The number of hydrogen-bond donors (Lipinski definition) is 1. The second kappa shape index (κ2) is 4.85. The Labute approximate surface area is 106 Å². The molecule has 1 aliphatic heterocycles. The highest BCUT2D eigenvalue weighted by atomic mass is 32.2. The minimum Gasteiger partial charge on any atom is -0.493 e. The molecule has 0 aromatic heterocycles. The summed E-state index contributed by atoms with van der Waals surface area (Å²) >= 11 is 0. The third-order valence-electron chi connectivity index (χ3n) is 3.33. The lowest BCUT2D eigenvalue weighted by atomic mass is 9.84. The van der Waals surface area contributed by atoms with Crippen molar-refractivity contribution in [3.8, 4) is 5.75 Å². The van der Waals surface area contributed by atoms with E-state index in [0.29, 0.717) is 12.4 Å². The number of rotatable bonds is 3. The van der Waals surface area contributed by atoms with Gasteiger partial charge in [-0.2, -0.15) is 0 Å². The summed E-state index contributed by atoms with van der Waals surface area (Å²) in [5.41, 5.74) is 0.725. The number of sulfonamides is 1. The first-order valence-corrected chi connectivity index (χ1v) is 7.55. The average molecular weight is 273 g/mol. The monoisotopic (exact) mass is 273 g/mol. The second-order valence-corrected chi connectivity index (χ2v) is 6.26. The molecule has 0 saturated carbocycles. The molecule has 0 aliphatic carbocycles. The van der Waals surface area contributed by atoms with Gasteiger partial charge in [-0.25, -0.2) is 17.9 Å². The molecule has 0 bridgehead atoms. The van der Waals surface area contributed by atoms with Crippen molar-refractivity contribution in [2.75, 3.05) is 12.4 Å². The van der Waals surface area contributed by atoms with Crippen molar-refractivity contribution in [3.63, 3.8) is 0 Å². The van der Waals surface area contributed by atoms with E-state index in [-0.39, 0.29) is 17.6 Å². The quantitative estimate of drug-likeness (QED) is 0.909. The molecule has 0 radical (unpaired) electrons. The highest BCUT2D eigenvalue weighted by Gasteiger charge is 2.32. The fourth-order valence-corrected chi connectivity index (χ4v) is 3.34. The minimum atomic E-state index is -3.57. The molecule has 100 valence electrons. The number of ether oxygens (including phenoxy) is 1. The maximum absolute atomic E-state index is 13.1. The van der Waals surface area contributed by atoms with E-state index in [4.69, 9.17) is 9.88 Å². The number of hydrogen-bond acceptors (Lipinski definition) is 3. The van der Waals surface area contributed by atoms with Gasteiger partial charge in [0.05, 0.1) is 12.4 Å². The Morgan fingerprint density at radius 1 is 1.50 bits per heavy atom. The molecule has 1 aromatic rings. The van der Waals surface area contributed by atoms with E-state index in [9.17, 15) is 12.8 Å². The predicted octanol–water partition coefficient (Wildman–Crippen LogP) is 1.62. The highest BCUT2D eigenvalue weighted by Crippen LogP contribution is 2.39. The zero-order valence-electron chi connectivity index (χ0n) is 10.1. The standard InChI is InChI=1S/C12H16FNO3S/c1-2-8-6-17-12-5-9(13)3-4-10(12)11(8)7-18(14,15)16/h3-5,8,11H,2,6-7H2,1H3,(H2,14,15,16)/t8-,11-/m1/s1. The van der Waals surface area contributed by atoms with Crippen molar-refractivity contribution in [3.05, 3.63) is 29.6 Å². The Hall–Kier alpha value is -1.14. The smallest absolute Gasteiger partial charge is 0.209 e. The topological polar surface area (TPSA) is 69.4 Å². The Balaban J connectivity index is 2.41. The van der Waals surface area contributed by atoms with Crippen LogP contribution in [0.1, 0.15) is 24.8 Å². The van der Waals surface area contributed by atoms with Gasteiger partial charge < -0.3 is 4.74 Å². The lowest BCUT2D eigenvalue weighted by Gasteiger charge is -2.32. The molecule has 2 N–H and O–H groups in total. The molecule has 0 amide bonds. The van der Waals surface area contributed by atoms with Gasteiger partial charge in [-0.05, 0) is 18.1 Å². The molecule has 18 heavy (non-hydrogen) atoms. The third kappa shape index (κ3) is 2.81. The van der Waals surface area contributed by atoms with Gasteiger partial charge >= 0.3 is 0 Å². The van der Waals surface area contributed by atoms with Crippen LogP contribution < -0.4 is 9.88 Å². The summed E-state index contributed by atoms with van der Waals surface area (Å²) < 4.78 is 41.2. The molecule has 2 atom stereocenters. The van der Waals surface area contributed by atoms with Crippen molar-refractivity contribution in [1.82, 2.24) is 0 Å². The van der Waals surface area contributed by atoms with Gasteiger partial charge in [0.2, 0.25) is 10.0 Å². The Kier molecular flexibility index (Phi) is 3.59. The molecule has 0 saturated heterocycles. The van der Waals surface area contributed by atoms with Gasteiger partial charge in [0.15, 0.2) is 0 Å². The van der Waals surface area contributed by atoms with Crippen molar-refractivity contribution < 1.29 is 17.5 Å². The van der Waals surface area contributed by atoms with Crippen LogP contribution in [-0.4, -0.2) is 20.8 Å². The summed E-state index contributed by atoms with van der Waals surface area (Å²) in [6.07, 6.45) is 0.789. The summed E-state index contributed by atoms with van der Waals surface area (Å²) in [7, 11) is -3.57. The molecule has 1 heterocycles. The van der Waals surface area contributed by atoms with Crippen LogP contribution in [0.2, 0.25) is 0 Å². The molecule has 6 heteroatoms. The van der Waals surface area contributed by atoms with Crippen molar-refractivity contribution in [2.45, 2.75) is 19.3 Å². The zero-order chi connectivity index (χ0) is 13.3. The van der Waals surface area contributed by atoms with Crippen LogP contribution in [0.3, 0.4) is 0 Å². The first-order valence-electron chi connectivity index (χ1n) is 5.83. The number of halogens is 1. The van der Waals surface area contributed by atoms with E-state index in [2.05, 4.69) is 0 Å². The van der Waals surface area contributed by atoms with Crippen LogP contribution in [0.4, 0.5) is 4.39 Å². The Morgan fingerprint density at radius 3 is 2.83 bits per heavy atom. The van der Waals surface area contributed by atoms with Gasteiger partial charge in [0.25, 0.3) is 0 Å². The van der Waals surface area contributed by atoms with Gasteiger partial charge in [0, 0.05) is 17.9 Å². The van der Waals surface area contributed by atoms with E-state index >= 15 is 0 Å². The molecule has 0 spiro atoms. The van der Waals surface area contributed by atoms with Crippen LogP contribution >= 0.6 is 0 Å². The van der Waals surface area contributed by atoms with Crippen LogP contribution in [0.5, 0.6) is 5.75 Å². The molecular formula is C12H16FNO3S. The molecule has 4 nitrogen and oxygen atoms in total. The maximum atomic E-state index is 13.1. The Morgan fingerprint density at radius 2 is 2.22 bits per heavy atom. The van der Waals surface area contributed by atoms with Crippen LogP contribution in [0.25, 0.3) is 0 Å². The number of benzene rings is 1. The maximum Gasteiger partial charge on any atom is 0.209 e. The van der Waals surface area contributed by atoms with Crippen molar-refractivity contribution in [1.29, 1.82) is 0 Å². The highest BCUT2D eigenvalue weighted by molar-refractivity contribution is 7.89. The first kappa shape index (κ1) is 13.3. The summed E-state index contributed by atoms with van der Waals surface area (Å²) in [6.45, 7) is 2.37. The molecular weight excluding hydrogens is 257 g/mol. The summed E-state index contributed by atoms with van der Waals surface area (Å²) in [5.74, 6) is -0.241. The van der Waals surface area contributed by atoms with E-state index in [1.54, 1.807) is 6.07 Å². The SMILES string of the molecule is CC[C@@H]1COc2cc(F)ccc2[C@@H]1CS(N)(=O)=O. The fourth-order valence-electron chi connectivity index (χ4n) is 2.38. The Bertz CT molecular complexity index is 544. The van der Waals surface area contributed by atoms with Crippen LogP contribution in [-0.2, 0) is 10.0 Å². The van der Waals surface area contributed by atoms with Gasteiger partial charge in [-0.3, -0.25) is 0 Å². The van der Waals surface area contributed by atoms with Gasteiger partial charge in [-0.15, -0.1) is 0 Å². The second-order valence-electron chi connectivity index (χ2n) is 4.60. The summed E-state index contributed by atoms with van der Waals surface area (Å²) in [6, 6.07) is 4.19. The van der Waals surface area contributed by atoms with E-state index < -0.39 is 15.8 Å². The van der Waals surface area contributed by atoms with Gasteiger partial charge in [-0.1, -0.05) is 13.0 Å². The molecule has 1 aliphatic rings. The lowest BCUT2D eigenvalue weighted by molar-refractivity contribution is 0.195. The zero-order valence-corrected chi connectivity index (χ0v) is 10.9. The summed E-state index contributed by atoms with van der Waals surface area (Å²) in [4.78, 5) is 0. The van der Waals surface area contributed by atoms with E-state index in [0.717, 1.165) is 12.0 Å². The van der Waals surface area contributed by atoms with E-state index in [1.807, 2.05) is 6.92 Å². The number of fused-ring (bicyclic) bond motifs is 1. The molecule has 1 aromatic carbocycles. The first-order chi connectivity index (χ1) is 8.40. The third-order valence-corrected chi connectivity index (χ3v) is 4.16. The van der Waals surface area contributed by atoms with Crippen LogP contribution in [0.15, 0.2) is 18.2 Å². The molecule has 2 rings (SSSR count). The lowest BCUT2D eigenvalue weighted by Crippen LogP contribution is -2.32. The molecule has 0 unspecified atom stereocenters. The van der Waals surface area contributed by atoms with Gasteiger partial charge in [0.1, 0.15) is 11.6 Å². The fraction of sp³-hybridized carbons (Fsp3) is 0.500. The minimum absolute atomic E-state index is 0.0845. The summed E-state index contributed by atoms with van der Waals surface area (Å²) in [5, 5.41) is 5.13. The van der Waals surface area contributed by atoms with Crippen molar-refractivity contribution in [2.24, 2.45) is 11.1 Å². The number of primary sulfonamides is 1. The largest absolute Gasteiger partial charge is 0.493 e.